The molecule has 2 N–H and O–H groups in total. The second-order valence-corrected chi connectivity index (χ2v) is 7.80. The summed E-state index contributed by atoms with van der Waals surface area (Å²) in [5, 5.41) is 0. The molecule has 30 heavy (non-hydrogen) atoms. The Bertz CT molecular complexity index is 1030. The number of ether oxygens (including phenoxy) is 2. The van der Waals surface area contributed by atoms with Crippen LogP contribution in [0.3, 0.4) is 0 Å². The maximum absolute atomic E-state index is 15.5. The van der Waals surface area contributed by atoms with E-state index >= 15 is 8.78 Å². The van der Waals surface area contributed by atoms with Crippen LogP contribution >= 0.6 is 0 Å². The van der Waals surface area contributed by atoms with Gasteiger partial charge in [-0.05, 0) is 31.8 Å². The molecule has 0 saturated carbocycles. The molecule has 0 fully saturated rings. The van der Waals surface area contributed by atoms with Crippen molar-refractivity contribution in [1.29, 1.82) is 0 Å². The molecule has 2 heterocycles. The van der Waals surface area contributed by atoms with Crippen molar-refractivity contribution in [2.24, 2.45) is 17.8 Å². The molecule has 1 atom stereocenters. The molecule has 0 saturated heterocycles. The fourth-order valence-corrected chi connectivity index (χ4v) is 3.54. The van der Waals surface area contributed by atoms with Crippen LogP contribution in [0.15, 0.2) is 29.5 Å². The van der Waals surface area contributed by atoms with Crippen LogP contribution in [-0.2, 0) is 17.3 Å². The minimum atomic E-state index is -3.68. The van der Waals surface area contributed by atoms with E-state index in [9.17, 15) is 8.78 Å². The van der Waals surface area contributed by atoms with Crippen molar-refractivity contribution < 1.29 is 31.6 Å². The van der Waals surface area contributed by atoms with Crippen molar-refractivity contribution in [3.8, 4) is 17.1 Å². The predicted octanol–water partition coefficient (Wildman–Crippen LogP) is 2.88. The average molecular weight is 427 g/mol. The van der Waals surface area contributed by atoms with Crippen molar-refractivity contribution in [2.45, 2.75) is 37.8 Å². The lowest BCUT2D eigenvalue weighted by Gasteiger charge is -2.42. The van der Waals surface area contributed by atoms with E-state index in [-0.39, 0.29) is 29.6 Å². The van der Waals surface area contributed by atoms with Crippen LogP contribution in [0.25, 0.3) is 11.1 Å². The van der Waals surface area contributed by atoms with Gasteiger partial charge in [0.05, 0.1) is 19.7 Å². The number of benzene rings is 1. The number of amidine groups is 1. The monoisotopic (exact) mass is 427 g/mol. The Balaban J connectivity index is 2.27. The largest absolute Gasteiger partial charge is 0.497 e. The number of aryl methyl sites for hydroxylation is 1. The predicted molar refractivity (Wildman–Crippen MR) is 101 cm³/mol. The first-order chi connectivity index (χ1) is 13.8. The van der Waals surface area contributed by atoms with Gasteiger partial charge >= 0.3 is 11.9 Å². The van der Waals surface area contributed by atoms with Gasteiger partial charge in [-0.15, -0.1) is 0 Å². The van der Waals surface area contributed by atoms with Crippen LogP contribution in [-0.4, -0.2) is 36.1 Å². The summed E-state index contributed by atoms with van der Waals surface area (Å²) < 4.78 is 72.4. The van der Waals surface area contributed by atoms with Crippen LogP contribution in [0.5, 0.6) is 6.01 Å². The number of halogens is 4. The molecule has 6 nitrogen and oxygen atoms in total. The van der Waals surface area contributed by atoms with Crippen molar-refractivity contribution in [3.05, 3.63) is 41.7 Å². The molecule has 1 aliphatic rings. The standard InChI is InChI=1S/C20H23F4N4O2/c1-18(2)20(23,24)19(3,27-16(25)10-30-18)13-6-12(14(21)7-15(13)22)11-8-26-17(29-5)28(4)9-11/h6-9H,10H2,1-5H3,(H2,25,27)/q+1. The molecule has 0 aliphatic carbocycles. The molecule has 0 amide bonds. The Hall–Kier alpha value is -2.75. The van der Waals surface area contributed by atoms with Gasteiger partial charge in [-0.3, -0.25) is 4.99 Å². The summed E-state index contributed by atoms with van der Waals surface area (Å²) in [6, 6.07) is 1.82. The first-order valence-electron chi connectivity index (χ1n) is 9.09. The van der Waals surface area contributed by atoms with E-state index < -0.39 is 34.3 Å². The van der Waals surface area contributed by atoms with Gasteiger partial charge < -0.3 is 15.2 Å². The van der Waals surface area contributed by atoms with Gasteiger partial charge in [-0.2, -0.15) is 4.57 Å². The fraction of sp³-hybridized carbons (Fsp3) is 0.450. The van der Waals surface area contributed by atoms with Crippen LogP contribution in [0.1, 0.15) is 26.3 Å². The van der Waals surface area contributed by atoms with Gasteiger partial charge in [0.2, 0.25) is 0 Å². The van der Waals surface area contributed by atoms with Crippen LogP contribution in [0, 0.1) is 11.6 Å². The Morgan fingerprint density at radius 3 is 2.43 bits per heavy atom. The van der Waals surface area contributed by atoms with Crippen LogP contribution in [0.2, 0.25) is 0 Å². The average Bonchev–Trinajstić information content (AvgIpc) is 2.71. The minimum Gasteiger partial charge on any atom is -0.431 e. The van der Waals surface area contributed by atoms with Gasteiger partial charge in [0.15, 0.2) is 11.7 Å². The van der Waals surface area contributed by atoms with E-state index in [4.69, 9.17) is 15.2 Å². The van der Waals surface area contributed by atoms with Gasteiger partial charge in [-0.25, -0.2) is 17.6 Å². The van der Waals surface area contributed by atoms with Crippen LogP contribution < -0.4 is 15.0 Å². The summed E-state index contributed by atoms with van der Waals surface area (Å²) in [6.07, 6.45) is 2.79. The van der Waals surface area contributed by atoms with E-state index in [1.165, 1.54) is 37.9 Å². The first kappa shape index (κ1) is 21.9. The molecule has 1 aliphatic heterocycles. The lowest BCUT2D eigenvalue weighted by atomic mass is 9.77. The quantitative estimate of drug-likeness (QED) is 0.604. The number of nitrogens with two attached hydrogens (primary N) is 1. The van der Waals surface area contributed by atoms with Gasteiger partial charge in [0, 0.05) is 17.2 Å². The molecule has 3 rings (SSSR count). The lowest BCUT2D eigenvalue weighted by Crippen LogP contribution is -2.56. The van der Waals surface area contributed by atoms with E-state index in [1.807, 2.05) is 0 Å². The molecule has 0 spiro atoms. The van der Waals surface area contributed by atoms with E-state index in [0.717, 1.165) is 13.0 Å². The molecule has 1 aromatic heterocycles. The highest BCUT2D eigenvalue weighted by atomic mass is 19.3. The molecule has 2 aromatic rings. The molecule has 1 aromatic carbocycles. The molecule has 0 radical (unpaired) electrons. The Kier molecular flexibility index (Phi) is 5.26. The minimum absolute atomic E-state index is 0.120. The SMILES string of the molecule is COc1ncc(-c2cc(C3(C)N=C(N)COC(C)(C)C3(F)F)c(F)cc2F)c[n+]1C. The van der Waals surface area contributed by atoms with Crippen molar-refractivity contribution in [2.75, 3.05) is 13.7 Å². The Labute approximate surface area is 171 Å². The van der Waals surface area contributed by atoms with E-state index in [0.29, 0.717) is 6.07 Å². The zero-order valence-electron chi connectivity index (χ0n) is 17.3. The summed E-state index contributed by atoms with van der Waals surface area (Å²) in [6.45, 7) is 3.07. The maximum atomic E-state index is 15.5. The summed E-state index contributed by atoms with van der Waals surface area (Å²) in [7, 11) is 3.03. The molecule has 162 valence electrons. The molecular formula is C20H23F4N4O2+. The number of aliphatic imine (C=N–C) groups is 1. The van der Waals surface area contributed by atoms with Crippen molar-refractivity contribution in [3.63, 3.8) is 0 Å². The third-order valence-corrected chi connectivity index (χ3v) is 5.34. The lowest BCUT2D eigenvalue weighted by molar-refractivity contribution is -0.679. The smallest absolute Gasteiger partial charge is 0.431 e. The number of methoxy groups -OCH3 is 1. The van der Waals surface area contributed by atoms with Crippen LogP contribution in [0.4, 0.5) is 17.6 Å². The zero-order valence-corrected chi connectivity index (χ0v) is 17.3. The number of hydrogen-bond donors (Lipinski definition) is 1. The Morgan fingerprint density at radius 1 is 1.17 bits per heavy atom. The van der Waals surface area contributed by atoms with Crippen molar-refractivity contribution >= 4 is 5.84 Å². The molecule has 10 heteroatoms. The number of rotatable bonds is 3. The molecule has 1 unspecified atom stereocenters. The van der Waals surface area contributed by atoms with Gasteiger partial charge in [-0.1, -0.05) is 0 Å². The Morgan fingerprint density at radius 2 is 1.83 bits per heavy atom. The fourth-order valence-electron chi connectivity index (χ4n) is 3.54. The van der Waals surface area contributed by atoms with Gasteiger partial charge in [0.25, 0.3) is 0 Å². The molecule has 0 bridgehead atoms. The summed E-state index contributed by atoms with van der Waals surface area (Å²) >= 11 is 0. The highest BCUT2D eigenvalue weighted by molar-refractivity contribution is 5.82. The second-order valence-electron chi connectivity index (χ2n) is 7.80. The molecular weight excluding hydrogens is 404 g/mol. The normalized spacial score (nSPS) is 22.9. The number of hydrogen-bond acceptors (Lipinski definition) is 5. The number of nitrogens with zero attached hydrogens (tertiary/aromatic N) is 3. The highest BCUT2D eigenvalue weighted by Crippen LogP contribution is 2.51. The zero-order chi connectivity index (χ0) is 22.5. The van der Waals surface area contributed by atoms with E-state index in [2.05, 4.69) is 9.98 Å². The first-order valence-corrected chi connectivity index (χ1v) is 9.09. The summed E-state index contributed by atoms with van der Waals surface area (Å²) in [4.78, 5) is 7.95. The maximum Gasteiger partial charge on any atom is 0.497 e. The second kappa shape index (κ2) is 7.19. The van der Waals surface area contributed by atoms with E-state index in [1.54, 1.807) is 7.05 Å². The third kappa shape index (κ3) is 3.28. The summed E-state index contributed by atoms with van der Waals surface area (Å²) in [5.41, 5.74) is 0.899. The number of aromatic nitrogens is 2. The highest BCUT2D eigenvalue weighted by Gasteiger charge is 2.64. The third-order valence-electron chi connectivity index (χ3n) is 5.34. The summed E-state index contributed by atoms with van der Waals surface area (Å²) in [5.74, 6) is -6.00. The van der Waals surface area contributed by atoms with Gasteiger partial charge in [0.1, 0.15) is 35.9 Å². The van der Waals surface area contributed by atoms with Crippen molar-refractivity contribution in [1.82, 2.24) is 4.98 Å². The topological polar surface area (TPSA) is 73.6 Å². The number of alkyl halides is 2.